The number of amides is 1. The molecule has 2 aromatic heterocycles. The third-order valence-corrected chi connectivity index (χ3v) is 7.68. The van der Waals surface area contributed by atoms with Gasteiger partial charge in [-0.05, 0) is 60.1 Å². The number of thiocarbonyl (C=S) groups is 1. The molecule has 1 fully saturated rings. The van der Waals surface area contributed by atoms with Gasteiger partial charge in [-0.3, -0.25) is 9.78 Å². The molecule has 0 saturated carbocycles. The normalized spacial score (nSPS) is 16.3. The van der Waals surface area contributed by atoms with Crippen molar-refractivity contribution in [2.24, 2.45) is 0 Å². The number of pyridine rings is 1. The molecule has 0 spiro atoms. The molecule has 0 aliphatic carbocycles. The maximum absolute atomic E-state index is 13.1. The van der Waals surface area contributed by atoms with Gasteiger partial charge in [0.1, 0.15) is 17.6 Å². The highest BCUT2D eigenvalue weighted by Gasteiger charge is 2.41. The molecular weight excluding hydrogens is 548 g/mol. The number of methoxy groups -OCH3 is 1. The van der Waals surface area contributed by atoms with Gasteiger partial charge in [0.2, 0.25) is 5.91 Å². The summed E-state index contributed by atoms with van der Waals surface area (Å²) >= 11 is 5.76. The zero-order chi connectivity index (χ0) is 29.1. The molecular formula is C33H28N4O4S. The van der Waals surface area contributed by atoms with E-state index < -0.39 is 5.97 Å². The molecule has 1 amide bonds. The SMILES string of the molecule is COC(=O)c1cccc(-c2ccc(C3C(c4ccccn4)NC(=S)N3CCC(=O)Nc3cccc4ccccc34)o2)c1. The molecule has 3 aromatic carbocycles. The highest BCUT2D eigenvalue weighted by molar-refractivity contribution is 7.80. The third kappa shape index (κ3) is 5.46. The molecule has 6 rings (SSSR count). The Bertz CT molecular complexity index is 1770. The van der Waals surface area contributed by atoms with Crippen molar-refractivity contribution in [2.45, 2.75) is 18.5 Å². The van der Waals surface area contributed by atoms with Crippen LogP contribution in [0.3, 0.4) is 0 Å². The van der Waals surface area contributed by atoms with Crippen molar-refractivity contribution in [3.63, 3.8) is 0 Å². The maximum Gasteiger partial charge on any atom is 0.337 e. The largest absolute Gasteiger partial charge is 0.465 e. The lowest BCUT2D eigenvalue weighted by Gasteiger charge is -2.26. The molecule has 210 valence electrons. The van der Waals surface area contributed by atoms with Gasteiger partial charge in [0.25, 0.3) is 0 Å². The predicted octanol–water partition coefficient (Wildman–Crippen LogP) is 6.28. The van der Waals surface area contributed by atoms with Gasteiger partial charge in [0.05, 0.1) is 24.4 Å². The smallest absolute Gasteiger partial charge is 0.337 e. The first kappa shape index (κ1) is 27.2. The van der Waals surface area contributed by atoms with Crippen molar-refractivity contribution < 1.29 is 18.7 Å². The number of carbonyl (C=O) groups is 2. The van der Waals surface area contributed by atoms with Crippen molar-refractivity contribution in [1.82, 2.24) is 15.2 Å². The molecule has 0 radical (unpaired) electrons. The van der Waals surface area contributed by atoms with Crippen LogP contribution in [-0.4, -0.2) is 40.5 Å². The number of esters is 1. The van der Waals surface area contributed by atoms with Crippen molar-refractivity contribution in [3.8, 4) is 11.3 Å². The molecule has 2 unspecified atom stereocenters. The van der Waals surface area contributed by atoms with Crippen LogP contribution in [0, 0.1) is 0 Å². The lowest BCUT2D eigenvalue weighted by molar-refractivity contribution is -0.116. The van der Waals surface area contributed by atoms with Crippen molar-refractivity contribution in [1.29, 1.82) is 0 Å². The zero-order valence-corrected chi connectivity index (χ0v) is 23.6. The highest BCUT2D eigenvalue weighted by atomic mass is 32.1. The number of carbonyl (C=O) groups excluding carboxylic acids is 2. The summed E-state index contributed by atoms with van der Waals surface area (Å²) in [5.74, 6) is 0.721. The first-order valence-corrected chi connectivity index (χ1v) is 14.0. The Balaban J connectivity index is 1.26. The number of aromatic nitrogens is 1. The summed E-state index contributed by atoms with van der Waals surface area (Å²) in [5.41, 5.74) is 2.75. The van der Waals surface area contributed by atoms with Crippen LogP contribution < -0.4 is 10.6 Å². The molecule has 1 aliphatic heterocycles. The molecule has 5 aromatic rings. The molecule has 9 heteroatoms. The fourth-order valence-corrected chi connectivity index (χ4v) is 5.64. The van der Waals surface area contributed by atoms with E-state index in [1.54, 1.807) is 24.4 Å². The number of anilines is 1. The van der Waals surface area contributed by atoms with E-state index in [4.69, 9.17) is 21.4 Å². The van der Waals surface area contributed by atoms with E-state index in [0.29, 0.717) is 28.7 Å². The maximum atomic E-state index is 13.1. The van der Waals surface area contributed by atoms with Crippen molar-refractivity contribution in [2.75, 3.05) is 19.0 Å². The minimum absolute atomic E-state index is 0.117. The zero-order valence-electron chi connectivity index (χ0n) is 22.8. The topological polar surface area (TPSA) is 96.7 Å². The lowest BCUT2D eigenvalue weighted by atomic mass is 10.0. The van der Waals surface area contributed by atoms with Crippen LogP contribution in [0.15, 0.2) is 108 Å². The number of nitrogens with one attached hydrogen (secondary N) is 2. The van der Waals surface area contributed by atoms with Gasteiger partial charge >= 0.3 is 5.97 Å². The van der Waals surface area contributed by atoms with E-state index in [1.807, 2.05) is 83.8 Å². The highest BCUT2D eigenvalue weighted by Crippen LogP contribution is 2.40. The molecule has 42 heavy (non-hydrogen) atoms. The van der Waals surface area contributed by atoms with Gasteiger partial charge in [-0.2, -0.15) is 0 Å². The number of benzene rings is 3. The Morgan fingerprint density at radius 3 is 2.64 bits per heavy atom. The minimum Gasteiger partial charge on any atom is -0.465 e. The van der Waals surface area contributed by atoms with E-state index in [-0.39, 0.29) is 24.4 Å². The summed E-state index contributed by atoms with van der Waals surface area (Å²) in [4.78, 5) is 31.8. The summed E-state index contributed by atoms with van der Waals surface area (Å²) < 4.78 is 11.3. The van der Waals surface area contributed by atoms with E-state index in [9.17, 15) is 9.59 Å². The Hall–Kier alpha value is -5.02. The first-order valence-electron chi connectivity index (χ1n) is 13.6. The molecule has 8 nitrogen and oxygen atoms in total. The van der Waals surface area contributed by atoms with Gasteiger partial charge in [-0.25, -0.2) is 4.79 Å². The monoisotopic (exact) mass is 576 g/mol. The van der Waals surface area contributed by atoms with Gasteiger partial charge in [-0.15, -0.1) is 0 Å². The average Bonchev–Trinajstić information content (AvgIpc) is 3.65. The summed E-state index contributed by atoms with van der Waals surface area (Å²) in [5, 5.41) is 9.01. The van der Waals surface area contributed by atoms with Gasteiger partial charge in [-0.1, -0.05) is 54.6 Å². The number of hydrogen-bond acceptors (Lipinski definition) is 6. The third-order valence-electron chi connectivity index (χ3n) is 7.33. The fourth-order valence-electron chi connectivity index (χ4n) is 5.31. The van der Waals surface area contributed by atoms with Crippen LogP contribution in [0.5, 0.6) is 0 Å². The van der Waals surface area contributed by atoms with Crippen LogP contribution in [0.25, 0.3) is 22.1 Å². The van der Waals surface area contributed by atoms with Crippen LogP contribution in [0.2, 0.25) is 0 Å². The summed E-state index contributed by atoms with van der Waals surface area (Å²) in [6.07, 6.45) is 1.95. The van der Waals surface area contributed by atoms with Gasteiger partial charge in [0, 0.05) is 35.8 Å². The number of fused-ring (bicyclic) bond motifs is 1. The predicted molar refractivity (Wildman–Crippen MR) is 165 cm³/mol. The van der Waals surface area contributed by atoms with Crippen LogP contribution >= 0.6 is 12.2 Å². The van der Waals surface area contributed by atoms with Gasteiger partial charge in [0.15, 0.2) is 5.11 Å². The van der Waals surface area contributed by atoms with Crippen LogP contribution in [0.4, 0.5) is 5.69 Å². The van der Waals surface area contributed by atoms with Crippen LogP contribution in [0.1, 0.15) is 40.3 Å². The van der Waals surface area contributed by atoms with Crippen molar-refractivity contribution in [3.05, 3.63) is 120 Å². The second-order valence-corrected chi connectivity index (χ2v) is 10.3. The standard InChI is InChI=1S/C33H28N4O4S/c1-40-32(39)23-11-6-10-22(20-23)27-15-16-28(41-27)31-30(26-13-4-5-18-34-26)36-33(42)37(31)19-17-29(38)35-25-14-7-9-21-8-2-3-12-24(21)25/h2-16,18,20,30-31H,17,19H2,1H3,(H,35,38)(H,36,42). The first-order chi connectivity index (χ1) is 20.5. The lowest BCUT2D eigenvalue weighted by Crippen LogP contribution is -2.32. The number of furan rings is 1. The Kier molecular flexibility index (Phi) is 7.66. The number of hydrogen-bond donors (Lipinski definition) is 2. The molecule has 3 heterocycles. The molecule has 2 atom stereocenters. The van der Waals surface area contributed by atoms with Gasteiger partial charge < -0.3 is 24.7 Å². The second kappa shape index (κ2) is 11.8. The Labute approximate surface area is 248 Å². The Morgan fingerprint density at radius 2 is 1.81 bits per heavy atom. The number of nitrogens with zero attached hydrogens (tertiary/aromatic N) is 2. The van der Waals surface area contributed by atoms with Crippen molar-refractivity contribution >= 4 is 45.7 Å². The van der Waals surface area contributed by atoms with E-state index in [0.717, 1.165) is 27.7 Å². The molecule has 0 bridgehead atoms. The fraction of sp³-hybridized carbons (Fsp3) is 0.152. The summed E-state index contributed by atoms with van der Waals surface area (Å²) in [6, 6.07) is 29.7. The Morgan fingerprint density at radius 1 is 1.00 bits per heavy atom. The molecule has 2 N–H and O–H groups in total. The average molecular weight is 577 g/mol. The second-order valence-electron chi connectivity index (χ2n) is 9.92. The van der Waals surface area contributed by atoms with E-state index >= 15 is 0 Å². The number of rotatable bonds is 8. The van der Waals surface area contributed by atoms with Crippen LogP contribution in [-0.2, 0) is 9.53 Å². The summed E-state index contributed by atoms with van der Waals surface area (Å²) in [6.45, 7) is 0.365. The quantitative estimate of drug-likeness (QED) is 0.165. The summed E-state index contributed by atoms with van der Waals surface area (Å²) in [7, 11) is 1.35. The number of ether oxygens (including phenoxy) is 1. The minimum atomic E-state index is -0.419. The molecule has 1 aliphatic rings. The van der Waals surface area contributed by atoms with E-state index in [1.165, 1.54) is 7.11 Å². The molecule has 1 saturated heterocycles. The van der Waals surface area contributed by atoms with E-state index in [2.05, 4.69) is 15.6 Å².